The summed E-state index contributed by atoms with van der Waals surface area (Å²) < 4.78 is 0. The summed E-state index contributed by atoms with van der Waals surface area (Å²) in [5.41, 5.74) is 1.55. The number of amides is 3. The van der Waals surface area contributed by atoms with Gasteiger partial charge in [0.25, 0.3) is 0 Å². The first-order chi connectivity index (χ1) is 9.56. The summed E-state index contributed by atoms with van der Waals surface area (Å²) in [6.45, 7) is 4.40. The number of imide groups is 1. The van der Waals surface area contributed by atoms with Gasteiger partial charge in [-0.25, -0.2) is 4.79 Å². The number of nitrogens with one attached hydrogen (secondary N) is 3. The van der Waals surface area contributed by atoms with Crippen LogP contribution in [0.2, 0.25) is 0 Å². The van der Waals surface area contributed by atoms with E-state index >= 15 is 0 Å². The summed E-state index contributed by atoms with van der Waals surface area (Å²) >= 11 is 0. The zero-order valence-corrected chi connectivity index (χ0v) is 11.6. The third-order valence-corrected chi connectivity index (χ3v) is 2.66. The highest BCUT2D eigenvalue weighted by molar-refractivity contribution is 5.96. The highest BCUT2D eigenvalue weighted by Crippen LogP contribution is 2.03. The van der Waals surface area contributed by atoms with Gasteiger partial charge in [0.1, 0.15) is 0 Å². The second kappa shape index (κ2) is 7.92. The van der Waals surface area contributed by atoms with Gasteiger partial charge in [-0.3, -0.25) is 10.1 Å². The van der Waals surface area contributed by atoms with Crippen LogP contribution in [0.15, 0.2) is 24.3 Å². The van der Waals surface area contributed by atoms with E-state index in [1.807, 2.05) is 18.2 Å². The normalized spacial score (nSPS) is 11.2. The molecule has 0 radical (unpaired) electrons. The zero-order valence-electron chi connectivity index (χ0n) is 11.6. The first-order valence-electron chi connectivity index (χ1n) is 6.38. The molecule has 1 unspecified atom stereocenters. The third-order valence-electron chi connectivity index (χ3n) is 2.66. The monoisotopic (exact) mass is 274 g/mol. The van der Waals surface area contributed by atoms with Crippen molar-refractivity contribution in [2.45, 2.75) is 26.4 Å². The van der Waals surface area contributed by atoms with Crippen LogP contribution in [0.4, 0.5) is 4.79 Å². The van der Waals surface area contributed by atoms with Gasteiger partial charge in [0.15, 0.2) is 0 Å². The topological polar surface area (TPSA) is 94.0 Å². The number of nitriles is 1. The number of carbonyl (C=O) groups excluding carboxylic acids is 2. The molecule has 106 valence electrons. The van der Waals surface area contributed by atoms with Crippen LogP contribution in [-0.4, -0.2) is 24.5 Å². The lowest BCUT2D eigenvalue weighted by Gasteiger charge is -2.13. The molecule has 20 heavy (non-hydrogen) atoms. The molecule has 3 amide bonds. The fourth-order valence-corrected chi connectivity index (χ4v) is 1.49. The molecule has 1 atom stereocenters. The number of hydrogen-bond acceptors (Lipinski definition) is 4. The lowest BCUT2D eigenvalue weighted by Crippen LogP contribution is -2.47. The molecule has 1 rings (SSSR count). The van der Waals surface area contributed by atoms with Gasteiger partial charge in [-0.05, 0) is 31.5 Å². The van der Waals surface area contributed by atoms with Crippen molar-refractivity contribution in [1.29, 1.82) is 5.26 Å². The Hall–Kier alpha value is -2.39. The van der Waals surface area contributed by atoms with Crippen LogP contribution in [0.5, 0.6) is 0 Å². The molecular weight excluding hydrogens is 256 g/mol. The standard InChI is InChI=1S/C14H18N4O2/c1-3-16-14(20)18-13(19)10(2)17-9-12-6-4-11(8-15)5-7-12/h4-7,10,17H,3,9H2,1-2H3,(H2,16,18,19,20). The molecule has 0 fully saturated rings. The first-order valence-corrected chi connectivity index (χ1v) is 6.38. The summed E-state index contributed by atoms with van der Waals surface area (Å²) in [5.74, 6) is -0.385. The Bertz CT molecular complexity index is 505. The van der Waals surface area contributed by atoms with Crippen LogP contribution >= 0.6 is 0 Å². The van der Waals surface area contributed by atoms with Gasteiger partial charge in [0.05, 0.1) is 17.7 Å². The molecule has 0 bridgehead atoms. The van der Waals surface area contributed by atoms with E-state index in [4.69, 9.17) is 5.26 Å². The van der Waals surface area contributed by atoms with E-state index in [0.717, 1.165) is 5.56 Å². The van der Waals surface area contributed by atoms with Crippen molar-refractivity contribution in [1.82, 2.24) is 16.0 Å². The Morgan fingerprint density at radius 3 is 2.50 bits per heavy atom. The SMILES string of the molecule is CCNC(=O)NC(=O)C(C)NCc1ccc(C#N)cc1. The Kier molecular flexibility index (Phi) is 6.20. The molecule has 6 nitrogen and oxygen atoms in total. The zero-order chi connectivity index (χ0) is 15.0. The van der Waals surface area contributed by atoms with Crippen LogP contribution < -0.4 is 16.0 Å². The highest BCUT2D eigenvalue weighted by atomic mass is 16.2. The molecule has 0 saturated heterocycles. The van der Waals surface area contributed by atoms with E-state index < -0.39 is 12.1 Å². The predicted molar refractivity (Wildman–Crippen MR) is 74.7 cm³/mol. The van der Waals surface area contributed by atoms with Gasteiger partial charge in [-0.2, -0.15) is 5.26 Å². The molecule has 6 heteroatoms. The second-order valence-electron chi connectivity index (χ2n) is 4.26. The maximum atomic E-state index is 11.7. The van der Waals surface area contributed by atoms with E-state index in [9.17, 15) is 9.59 Å². The number of nitrogens with zero attached hydrogens (tertiary/aromatic N) is 1. The maximum Gasteiger partial charge on any atom is 0.321 e. The molecule has 0 aliphatic carbocycles. The van der Waals surface area contributed by atoms with E-state index in [1.165, 1.54) is 0 Å². The van der Waals surface area contributed by atoms with Gasteiger partial charge in [-0.1, -0.05) is 12.1 Å². The van der Waals surface area contributed by atoms with E-state index in [2.05, 4.69) is 16.0 Å². The van der Waals surface area contributed by atoms with Crippen molar-refractivity contribution in [2.24, 2.45) is 0 Å². The average Bonchev–Trinajstić information content (AvgIpc) is 2.45. The minimum absolute atomic E-state index is 0.385. The first kappa shape index (κ1) is 15.7. The molecule has 0 aliphatic heterocycles. The maximum absolute atomic E-state index is 11.7. The number of rotatable bonds is 5. The van der Waals surface area contributed by atoms with E-state index in [0.29, 0.717) is 18.7 Å². The van der Waals surface area contributed by atoms with Crippen LogP contribution in [0.25, 0.3) is 0 Å². The number of benzene rings is 1. The summed E-state index contributed by atoms with van der Waals surface area (Å²) in [4.78, 5) is 22.9. The lowest BCUT2D eigenvalue weighted by molar-refractivity contribution is -0.121. The van der Waals surface area contributed by atoms with Gasteiger partial charge >= 0.3 is 6.03 Å². The lowest BCUT2D eigenvalue weighted by atomic mass is 10.1. The summed E-state index contributed by atoms with van der Waals surface area (Å²) in [6, 6.07) is 8.13. The molecule has 0 aromatic heterocycles. The molecule has 0 saturated carbocycles. The third kappa shape index (κ3) is 5.08. The Morgan fingerprint density at radius 2 is 1.95 bits per heavy atom. The molecule has 1 aromatic rings. The molecular formula is C14H18N4O2. The average molecular weight is 274 g/mol. The largest absolute Gasteiger partial charge is 0.338 e. The van der Waals surface area contributed by atoms with Crippen LogP contribution in [-0.2, 0) is 11.3 Å². The number of hydrogen-bond donors (Lipinski definition) is 3. The smallest absolute Gasteiger partial charge is 0.321 e. The summed E-state index contributed by atoms with van der Waals surface area (Å²) in [6.07, 6.45) is 0. The van der Waals surface area contributed by atoms with Crippen LogP contribution in [0.3, 0.4) is 0 Å². The molecule has 0 spiro atoms. The Balaban J connectivity index is 2.42. The van der Waals surface area contributed by atoms with Crippen molar-refractivity contribution >= 4 is 11.9 Å². The van der Waals surface area contributed by atoms with Crippen LogP contribution in [0, 0.1) is 11.3 Å². The van der Waals surface area contributed by atoms with E-state index in [1.54, 1.807) is 26.0 Å². The number of urea groups is 1. The Labute approximate surface area is 118 Å². The fraction of sp³-hybridized carbons (Fsp3) is 0.357. The summed E-state index contributed by atoms with van der Waals surface area (Å²) in [5, 5.41) is 16.4. The molecule has 3 N–H and O–H groups in total. The van der Waals surface area contributed by atoms with E-state index in [-0.39, 0.29) is 5.91 Å². The minimum Gasteiger partial charge on any atom is -0.338 e. The van der Waals surface area contributed by atoms with Crippen molar-refractivity contribution < 1.29 is 9.59 Å². The van der Waals surface area contributed by atoms with Crippen LogP contribution in [0.1, 0.15) is 25.0 Å². The van der Waals surface area contributed by atoms with Gasteiger partial charge in [0, 0.05) is 13.1 Å². The van der Waals surface area contributed by atoms with Crippen molar-refractivity contribution in [2.75, 3.05) is 6.54 Å². The molecule has 0 heterocycles. The highest BCUT2D eigenvalue weighted by Gasteiger charge is 2.14. The number of carbonyl (C=O) groups is 2. The Morgan fingerprint density at radius 1 is 1.30 bits per heavy atom. The molecule has 0 aliphatic rings. The van der Waals surface area contributed by atoms with Gasteiger partial charge in [0.2, 0.25) is 5.91 Å². The van der Waals surface area contributed by atoms with Gasteiger partial charge in [-0.15, -0.1) is 0 Å². The fourth-order valence-electron chi connectivity index (χ4n) is 1.49. The molecule has 1 aromatic carbocycles. The van der Waals surface area contributed by atoms with Gasteiger partial charge < -0.3 is 10.6 Å². The summed E-state index contributed by atoms with van der Waals surface area (Å²) in [7, 11) is 0. The second-order valence-corrected chi connectivity index (χ2v) is 4.26. The van der Waals surface area contributed by atoms with Crippen molar-refractivity contribution in [3.63, 3.8) is 0 Å². The quantitative estimate of drug-likeness (QED) is 0.743. The van der Waals surface area contributed by atoms with Crippen molar-refractivity contribution in [3.8, 4) is 6.07 Å². The minimum atomic E-state index is -0.496. The van der Waals surface area contributed by atoms with Crippen molar-refractivity contribution in [3.05, 3.63) is 35.4 Å². The predicted octanol–water partition coefficient (Wildman–Crippen LogP) is 0.882.